The molecule has 2 fully saturated rings. The fourth-order valence-corrected chi connectivity index (χ4v) is 3.06. The highest BCUT2D eigenvalue weighted by Crippen LogP contribution is 2.27. The van der Waals surface area contributed by atoms with Gasteiger partial charge in [-0.05, 0) is 12.2 Å². The maximum absolute atomic E-state index is 11.7. The van der Waals surface area contributed by atoms with Gasteiger partial charge in [-0.25, -0.2) is 0 Å². The van der Waals surface area contributed by atoms with Crippen LogP contribution >= 0.6 is 11.8 Å². The van der Waals surface area contributed by atoms with E-state index in [1.165, 1.54) is 0 Å². The number of hydrogen-bond donors (Lipinski definition) is 1. The van der Waals surface area contributed by atoms with E-state index in [1.54, 1.807) is 0 Å². The summed E-state index contributed by atoms with van der Waals surface area (Å²) in [5.74, 6) is 3.06. The summed E-state index contributed by atoms with van der Waals surface area (Å²) in [7, 11) is 0. The van der Waals surface area contributed by atoms with E-state index >= 15 is 0 Å². The predicted octanol–water partition coefficient (Wildman–Crippen LogP) is 0.190. The zero-order chi connectivity index (χ0) is 9.26. The summed E-state index contributed by atoms with van der Waals surface area (Å²) in [6.45, 7) is 1.77. The minimum Gasteiger partial charge on any atom is -0.396 e. The van der Waals surface area contributed by atoms with E-state index in [9.17, 15) is 4.79 Å². The van der Waals surface area contributed by atoms with Crippen LogP contribution in [0.2, 0.25) is 0 Å². The minimum absolute atomic E-state index is 0.225. The molecule has 0 aliphatic carbocycles. The molecular formula is C9H15NO2S. The third kappa shape index (κ3) is 1.83. The van der Waals surface area contributed by atoms with Crippen molar-refractivity contribution in [3.05, 3.63) is 0 Å². The molecule has 0 bridgehead atoms. The molecule has 1 atom stereocenters. The van der Waals surface area contributed by atoms with Crippen LogP contribution in [0.25, 0.3) is 0 Å². The van der Waals surface area contributed by atoms with Crippen molar-refractivity contribution >= 4 is 17.7 Å². The summed E-state index contributed by atoms with van der Waals surface area (Å²) in [6, 6.07) is 0. The average molecular weight is 201 g/mol. The van der Waals surface area contributed by atoms with Crippen LogP contribution in [0.5, 0.6) is 0 Å². The number of carbonyl (C=O) groups excluding carboxylic acids is 1. The quantitative estimate of drug-likeness (QED) is 0.693. The smallest absolute Gasteiger partial charge is 0.226 e. The van der Waals surface area contributed by atoms with Gasteiger partial charge in [-0.2, -0.15) is 11.8 Å². The molecule has 0 aromatic carbocycles. The Labute approximate surface area is 82.5 Å². The molecule has 3 nitrogen and oxygen atoms in total. The van der Waals surface area contributed by atoms with Crippen LogP contribution in [0, 0.1) is 11.8 Å². The zero-order valence-electron chi connectivity index (χ0n) is 7.61. The monoisotopic (exact) mass is 201 g/mol. The summed E-state index contributed by atoms with van der Waals surface area (Å²) >= 11 is 1.87. The molecule has 2 heterocycles. The van der Waals surface area contributed by atoms with E-state index < -0.39 is 0 Å². The highest BCUT2D eigenvalue weighted by molar-refractivity contribution is 7.99. The number of thioether (sulfide) groups is 1. The Morgan fingerprint density at radius 1 is 1.54 bits per heavy atom. The van der Waals surface area contributed by atoms with Crippen LogP contribution in [0.3, 0.4) is 0 Å². The number of aliphatic hydroxyl groups is 1. The summed E-state index contributed by atoms with van der Waals surface area (Å²) in [5, 5.41) is 8.81. The van der Waals surface area contributed by atoms with Crippen LogP contribution in [-0.4, -0.2) is 47.1 Å². The van der Waals surface area contributed by atoms with Crippen molar-refractivity contribution in [3.8, 4) is 0 Å². The molecule has 4 heteroatoms. The molecule has 74 valence electrons. The molecule has 2 rings (SSSR count). The lowest BCUT2D eigenvalue weighted by Crippen LogP contribution is -2.53. The first-order valence-electron chi connectivity index (χ1n) is 4.78. The van der Waals surface area contributed by atoms with Gasteiger partial charge in [-0.3, -0.25) is 4.79 Å². The SMILES string of the molecule is O=C(C1CCSC1)N1CC(CO)C1. The van der Waals surface area contributed by atoms with Gasteiger partial charge in [0.2, 0.25) is 5.91 Å². The second kappa shape index (κ2) is 3.88. The molecule has 1 unspecified atom stereocenters. The van der Waals surface area contributed by atoms with Crippen molar-refractivity contribution in [2.24, 2.45) is 11.8 Å². The Morgan fingerprint density at radius 2 is 2.31 bits per heavy atom. The van der Waals surface area contributed by atoms with Crippen molar-refractivity contribution < 1.29 is 9.90 Å². The van der Waals surface area contributed by atoms with Crippen molar-refractivity contribution in [2.75, 3.05) is 31.2 Å². The molecule has 2 saturated heterocycles. The van der Waals surface area contributed by atoms with Gasteiger partial charge in [-0.15, -0.1) is 0 Å². The van der Waals surface area contributed by atoms with E-state index in [2.05, 4.69) is 0 Å². The van der Waals surface area contributed by atoms with Gasteiger partial charge in [0.25, 0.3) is 0 Å². The first kappa shape index (κ1) is 9.34. The van der Waals surface area contributed by atoms with E-state index in [0.29, 0.717) is 11.8 Å². The normalized spacial score (nSPS) is 29.0. The number of amides is 1. The molecule has 0 aromatic heterocycles. The van der Waals surface area contributed by atoms with E-state index in [0.717, 1.165) is 31.0 Å². The third-order valence-electron chi connectivity index (χ3n) is 2.81. The summed E-state index contributed by atoms with van der Waals surface area (Å²) in [5.41, 5.74) is 0. The van der Waals surface area contributed by atoms with E-state index in [1.807, 2.05) is 16.7 Å². The zero-order valence-corrected chi connectivity index (χ0v) is 8.42. The van der Waals surface area contributed by atoms with Gasteiger partial charge in [0.05, 0.1) is 0 Å². The highest BCUT2D eigenvalue weighted by atomic mass is 32.2. The molecule has 1 N–H and O–H groups in total. The molecule has 0 aromatic rings. The van der Waals surface area contributed by atoms with Gasteiger partial charge in [-0.1, -0.05) is 0 Å². The number of hydrogen-bond acceptors (Lipinski definition) is 3. The maximum Gasteiger partial charge on any atom is 0.226 e. The van der Waals surface area contributed by atoms with Gasteiger partial charge in [0.15, 0.2) is 0 Å². The first-order chi connectivity index (χ1) is 6.31. The van der Waals surface area contributed by atoms with Gasteiger partial charge in [0.1, 0.15) is 0 Å². The number of aliphatic hydroxyl groups excluding tert-OH is 1. The average Bonchev–Trinajstić information content (AvgIpc) is 2.53. The second-order valence-electron chi connectivity index (χ2n) is 3.85. The molecule has 1 amide bonds. The lowest BCUT2D eigenvalue weighted by atomic mass is 9.98. The first-order valence-corrected chi connectivity index (χ1v) is 5.94. The Balaban J connectivity index is 1.78. The summed E-state index contributed by atoms with van der Waals surface area (Å²) in [6.07, 6.45) is 1.05. The standard InChI is InChI=1S/C9H15NO2S/c11-5-7-3-10(4-7)9(12)8-1-2-13-6-8/h7-8,11H,1-6H2. The summed E-state index contributed by atoms with van der Waals surface area (Å²) in [4.78, 5) is 13.6. The number of likely N-dealkylation sites (tertiary alicyclic amines) is 1. The molecular weight excluding hydrogens is 186 g/mol. The summed E-state index contributed by atoms with van der Waals surface area (Å²) < 4.78 is 0. The Morgan fingerprint density at radius 3 is 2.85 bits per heavy atom. The third-order valence-corrected chi connectivity index (χ3v) is 3.97. The Bertz CT molecular complexity index is 198. The fraction of sp³-hybridized carbons (Fsp3) is 0.889. The fourth-order valence-electron chi connectivity index (χ4n) is 1.85. The van der Waals surface area contributed by atoms with Gasteiger partial charge < -0.3 is 10.0 Å². The van der Waals surface area contributed by atoms with Crippen molar-refractivity contribution in [2.45, 2.75) is 6.42 Å². The van der Waals surface area contributed by atoms with Crippen LogP contribution in [-0.2, 0) is 4.79 Å². The number of carbonyl (C=O) groups is 1. The molecule has 2 aliphatic heterocycles. The maximum atomic E-state index is 11.7. The van der Waals surface area contributed by atoms with Crippen molar-refractivity contribution in [1.29, 1.82) is 0 Å². The number of rotatable bonds is 2. The van der Waals surface area contributed by atoms with Gasteiger partial charge >= 0.3 is 0 Å². The molecule has 13 heavy (non-hydrogen) atoms. The van der Waals surface area contributed by atoms with Crippen LogP contribution in [0.1, 0.15) is 6.42 Å². The predicted molar refractivity (Wildman–Crippen MR) is 52.6 cm³/mol. The Hall–Kier alpha value is -0.220. The molecule has 0 spiro atoms. The minimum atomic E-state index is 0.225. The topological polar surface area (TPSA) is 40.5 Å². The molecule has 0 saturated carbocycles. The lowest BCUT2D eigenvalue weighted by molar-refractivity contribution is -0.142. The molecule has 0 radical (unpaired) electrons. The largest absolute Gasteiger partial charge is 0.396 e. The number of nitrogens with zero attached hydrogens (tertiary/aromatic N) is 1. The van der Waals surface area contributed by atoms with Crippen LogP contribution < -0.4 is 0 Å². The van der Waals surface area contributed by atoms with Crippen LogP contribution in [0.15, 0.2) is 0 Å². The highest BCUT2D eigenvalue weighted by Gasteiger charge is 2.35. The van der Waals surface area contributed by atoms with Crippen LogP contribution in [0.4, 0.5) is 0 Å². The van der Waals surface area contributed by atoms with E-state index in [4.69, 9.17) is 5.11 Å². The lowest BCUT2D eigenvalue weighted by Gasteiger charge is -2.39. The second-order valence-corrected chi connectivity index (χ2v) is 5.00. The van der Waals surface area contributed by atoms with E-state index in [-0.39, 0.29) is 12.5 Å². The van der Waals surface area contributed by atoms with Crippen molar-refractivity contribution in [1.82, 2.24) is 4.90 Å². The van der Waals surface area contributed by atoms with Gasteiger partial charge in [0, 0.05) is 37.3 Å². The van der Waals surface area contributed by atoms with Crippen molar-refractivity contribution in [3.63, 3.8) is 0 Å². The Kier molecular flexibility index (Phi) is 2.79. The molecule has 2 aliphatic rings.